The number of likely N-dealkylation sites (tertiary alicyclic amines) is 1. The lowest BCUT2D eigenvalue weighted by molar-refractivity contribution is -0.176. The summed E-state index contributed by atoms with van der Waals surface area (Å²) in [4.78, 5) is 26.9. The molecule has 0 aromatic heterocycles. The van der Waals surface area contributed by atoms with Crippen molar-refractivity contribution < 1.29 is 19.1 Å². The van der Waals surface area contributed by atoms with Gasteiger partial charge in [-0.1, -0.05) is 6.08 Å². The Morgan fingerprint density at radius 2 is 1.72 bits per heavy atom. The molecule has 1 aliphatic carbocycles. The summed E-state index contributed by atoms with van der Waals surface area (Å²) in [6.45, 7) is 15.8. The molecule has 0 spiro atoms. The standard InChI is InChI=1S/C20H33NO4/c1-8-9-13-10-11-21(18(23)25-20(5,6)7)15-12-14(16(13)15)17(22)24-19(2,3)4/h8,13-16H,1,9-12H2,2-7H3/t13?,14?,15-,16?/m0/s1. The van der Waals surface area contributed by atoms with E-state index in [1.807, 2.05) is 52.5 Å². The van der Waals surface area contributed by atoms with Crippen LogP contribution in [0.25, 0.3) is 0 Å². The largest absolute Gasteiger partial charge is 0.460 e. The van der Waals surface area contributed by atoms with Gasteiger partial charge in [0.2, 0.25) is 0 Å². The van der Waals surface area contributed by atoms with Gasteiger partial charge in [0.1, 0.15) is 11.2 Å². The molecule has 1 heterocycles. The summed E-state index contributed by atoms with van der Waals surface area (Å²) < 4.78 is 11.1. The fourth-order valence-electron chi connectivity index (χ4n) is 3.95. The molecule has 5 nitrogen and oxygen atoms in total. The number of hydrogen-bond donors (Lipinski definition) is 0. The van der Waals surface area contributed by atoms with E-state index < -0.39 is 11.2 Å². The quantitative estimate of drug-likeness (QED) is 0.566. The van der Waals surface area contributed by atoms with Crippen LogP contribution in [0.5, 0.6) is 0 Å². The molecule has 142 valence electrons. The predicted octanol–water partition coefficient (Wildman–Crippen LogP) is 4.17. The predicted molar refractivity (Wildman–Crippen MR) is 97.1 cm³/mol. The Morgan fingerprint density at radius 1 is 1.12 bits per heavy atom. The Labute approximate surface area is 151 Å². The smallest absolute Gasteiger partial charge is 0.410 e. The number of allylic oxidation sites excluding steroid dienone is 1. The minimum Gasteiger partial charge on any atom is -0.460 e. The van der Waals surface area contributed by atoms with Gasteiger partial charge in [0, 0.05) is 12.6 Å². The average molecular weight is 351 g/mol. The van der Waals surface area contributed by atoms with Gasteiger partial charge in [0.15, 0.2) is 0 Å². The van der Waals surface area contributed by atoms with E-state index in [2.05, 4.69) is 6.58 Å². The van der Waals surface area contributed by atoms with Gasteiger partial charge in [0.05, 0.1) is 5.92 Å². The van der Waals surface area contributed by atoms with Crippen LogP contribution < -0.4 is 0 Å². The third-order valence-corrected chi connectivity index (χ3v) is 4.90. The zero-order valence-corrected chi connectivity index (χ0v) is 16.5. The number of fused-ring (bicyclic) bond motifs is 1. The van der Waals surface area contributed by atoms with Crippen molar-refractivity contribution in [2.24, 2.45) is 17.8 Å². The van der Waals surface area contributed by atoms with Gasteiger partial charge in [-0.2, -0.15) is 0 Å². The molecular formula is C20H33NO4. The second-order valence-electron chi connectivity index (χ2n) is 9.27. The number of rotatable bonds is 3. The van der Waals surface area contributed by atoms with Gasteiger partial charge in [0.25, 0.3) is 0 Å². The maximum absolute atomic E-state index is 12.6. The van der Waals surface area contributed by atoms with Gasteiger partial charge in [-0.25, -0.2) is 4.79 Å². The van der Waals surface area contributed by atoms with Gasteiger partial charge in [-0.15, -0.1) is 6.58 Å². The summed E-state index contributed by atoms with van der Waals surface area (Å²) in [5.74, 6) is 0.217. The first-order chi connectivity index (χ1) is 11.4. The van der Waals surface area contributed by atoms with Crippen molar-refractivity contribution in [3.8, 4) is 0 Å². The maximum Gasteiger partial charge on any atom is 0.410 e. The molecule has 2 aliphatic rings. The zero-order valence-electron chi connectivity index (χ0n) is 16.5. The molecule has 2 rings (SSSR count). The number of ether oxygens (including phenoxy) is 2. The van der Waals surface area contributed by atoms with Crippen LogP contribution in [0.3, 0.4) is 0 Å². The van der Waals surface area contributed by atoms with E-state index in [0.29, 0.717) is 18.9 Å². The highest BCUT2D eigenvalue weighted by molar-refractivity contribution is 5.76. The van der Waals surface area contributed by atoms with E-state index in [-0.39, 0.29) is 29.9 Å². The summed E-state index contributed by atoms with van der Waals surface area (Å²) in [6, 6.07) is 0.0612. The summed E-state index contributed by atoms with van der Waals surface area (Å²) in [5, 5.41) is 0. The van der Waals surface area contributed by atoms with Crippen LogP contribution in [0.15, 0.2) is 12.7 Å². The lowest BCUT2D eigenvalue weighted by Gasteiger charge is -2.55. The number of piperidine rings is 1. The minimum absolute atomic E-state index is 0.0612. The molecule has 0 bridgehead atoms. The molecule has 1 amide bonds. The van der Waals surface area contributed by atoms with Crippen LogP contribution in [0, 0.1) is 17.8 Å². The molecule has 0 N–H and O–H groups in total. The fourth-order valence-corrected chi connectivity index (χ4v) is 3.95. The lowest BCUT2D eigenvalue weighted by Crippen LogP contribution is -2.63. The fraction of sp³-hybridized carbons (Fsp3) is 0.800. The number of amides is 1. The van der Waals surface area contributed by atoms with E-state index in [4.69, 9.17) is 9.47 Å². The summed E-state index contributed by atoms with van der Waals surface area (Å²) in [5.41, 5.74) is -1.01. The van der Waals surface area contributed by atoms with E-state index in [0.717, 1.165) is 12.8 Å². The third-order valence-electron chi connectivity index (χ3n) is 4.90. The molecule has 0 aromatic carbocycles. The third kappa shape index (κ3) is 4.77. The zero-order chi connectivity index (χ0) is 19.0. The molecule has 1 saturated heterocycles. The van der Waals surface area contributed by atoms with Crippen LogP contribution >= 0.6 is 0 Å². The van der Waals surface area contributed by atoms with E-state index in [1.54, 1.807) is 0 Å². The molecule has 3 unspecified atom stereocenters. The van der Waals surface area contributed by atoms with Crippen LogP contribution in [0.4, 0.5) is 4.79 Å². The average Bonchev–Trinajstić information content (AvgIpc) is 2.36. The van der Waals surface area contributed by atoms with Crippen molar-refractivity contribution in [1.82, 2.24) is 4.90 Å². The van der Waals surface area contributed by atoms with E-state index in [1.165, 1.54) is 0 Å². The number of nitrogens with zero attached hydrogens (tertiary/aromatic N) is 1. The number of carbonyl (C=O) groups excluding carboxylic acids is 2. The topological polar surface area (TPSA) is 55.8 Å². The lowest BCUT2D eigenvalue weighted by atomic mass is 9.59. The van der Waals surface area contributed by atoms with Crippen LogP contribution in [-0.4, -0.2) is 40.8 Å². The Morgan fingerprint density at radius 3 is 2.24 bits per heavy atom. The molecule has 5 heteroatoms. The first-order valence-electron chi connectivity index (χ1n) is 9.26. The Bertz CT molecular complexity index is 529. The van der Waals surface area contributed by atoms with Gasteiger partial charge >= 0.3 is 12.1 Å². The molecule has 0 radical (unpaired) electrons. The molecule has 4 atom stereocenters. The minimum atomic E-state index is -0.515. The first-order valence-corrected chi connectivity index (χ1v) is 9.26. The van der Waals surface area contributed by atoms with Gasteiger partial charge < -0.3 is 14.4 Å². The molecule has 1 saturated carbocycles. The summed E-state index contributed by atoms with van der Waals surface area (Å²) >= 11 is 0. The van der Waals surface area contributed by atoms with Crippen molar-refractivity contribution in [2.45, 2.75) is 78.0 Å². The first kappa shape index (κ1) is 19.8. The van der Waals surface area contributed by atoms with Crippen LogP contribution in [-0.2, 0) is 14.3 Å². The molecular weight excluding hydrogens is 318 g/mol. The van der Waals surface area contributed by atoms with Crippen LogP contribution in [0.2, 0.25) is 0 Å². The summed E-state index contributed by atoms with van der Waals surface area (Å²) in [7, 11) is 0. The highest BCUT2D eigenvalue weighted by Crippen LogP contribution is 2.49. The van der Waals surface area contributed by atoms with Crippen molar-refractivity contribution in [3.05, 3.63) is 12.7 Å². The number of hydrogen-bond acceptors (Lipinski definition) is 4. The number of esters is 1. The Hall–Kier alpha value is -1.52. The Balaban J connectivity index is 2.12. The monoisotopic (exact) mass is 351 g/mol. The van der Waals surface area contributed by atoms with Crippen LogP contribution in [0.1, 0.15) is 60.8 Å². The van der Waals surface area contributed by atoms with Gasteiger partial charge in [-0.05, 0) is 72.6 Å². The number of carbonyl (C=O) groups is 2. The maximum atomic E-state index is 12.6. The molecule has 25 heavy (non-hydrogen) atoms. The highest BCUT2D eigenvalue weighted by atomic mass is 16.6. The molecule has 2 fully saturated rings. The van der Waals surface area contributed by atoms with Crippen molar-refractivity contribution in [2.75, 3.05) is 6.54 Å². The molecule has 0 aromatic rings. The SMILES string of the molecule is C=CCC1CCN(C(=O)OC(C)(C)C)[C@H]2CC(C(=O)OC(C)(C)C)C12. The van der Waals surface area contributed by atoms with Crippen molar-refractivity contribution >= 4 is 12.1 Å². The normalized spacial score (nSPS) is 29.3. The van der Waals surface area contributed by atoms with Gasteiger partial charge in [-0.3, -0.25) is 4.79 Å². The van der Waals surface area contributed by atoms with Crippen molar-refractivity contribution in [3.63, 3.8) is 0 Å². The van der Waals surface area contributed by atoms with E-state index in [9.17, 15) is 9.59 Å². The highest BCUT2D eigenvalue weighted by Gasteiger charge is 2.55. The second kappa shape index (κ2) is 7.00. The molecule has 1 aliphatic heterocycles. The Kier molecular flexibility index (Phi) is 5.55. The summed E-state index contributed by atoms with van der Waals surface area (Å²) in [6.07, 6.45) is 4.03. The van der Waals surface area contributed by atoms with Crippen molar-refractivity contribution in [1.29, 1.82) is 0 Å². The second-order valence-corrected chi connectivity index (χ2v) is 9.27. The van der Waals surface area contributed by atoms with E-state index >= 15 is 0 Å².